The van der Waals surface area contributed by atoms with E-state index in [4.69, 9.17) is 10.5 Å². The van der Waals surface area contributed by atoms with Gasteiger partial charge in [0.15, 0.2) is 0 Å². The lowest BCUT2D eigenvalue weighted by molar-refractivity contribution is -0.119. The van der Waals surface area contributed by atoms with Gasteiger partial charge < -0.3 is 15.8 Å². The molecule has 0 aliphatic carbocycles. The lowest BCUT2D eigenvalue weighted by atomic mass is 10.2. The summed E-state index contributed by atoms with van der Waals surface area (Å²) in [6.45, 7) is 4.89. The van der Waals surface area contributed by atoms with Crippen molar-refractivity contribution in [2.75, 3.05) is 38.2 Å². The van der Waals surface area contributed by atoms with E-state index < -0.39 is 0 Å². The number of hydrogen-bond donors (Lipinski definition) is 2. The van der Waals surface area contributed by atoms with Crippen LogP contribution in [-0.4, -0.2) is 49.7 Å². The van der Waals surface area contributed by atoms with Gasteiger partial charge in [-0.1, -0.05) is 12.1 Å². The largest absolute Gasteiger partial charge is 0.378 e. The van der Waals surface area contributed by atoms with Gasteiger partial charge in [0.1, 0.15) is 0 Å². The van der Waals surface area contributed by atoms with Gasteiger partial charge in [-0.25, -0.2) is 0 Å². The van der Waals surface area contributed by atoms with Crippen LogP contribution in [0.4, 0.5) is 5.69 Å². The second-order valence-corrected chi connectivity index (χ2v) is 4.85. The summed E-state index contributed by atoms with van der Waals surface area (Å²) in [6, 6.07) is 7.92. The molecule has 3 N–H and O–H groups in total. The molecule has 104 valence electrons. The summed E-state index contributed by atoms with van der Waals surface area (Å²) < 4.78 is 5.37. The van der Waals surface area contributed by atoms with Crippen LogP contribution in [0.1, 0.15) is 5.56 Å². The molecule has 1 aliphatic rings. The number of nitrogens with one attached hydrogen (secondary N) is 1. The number of morpholine rings is 1. The van der Waals surface area contributed by atoms with E-state index in [0.29, 0.717) is 26.3 Å². The van der Waals surface area contributed by atoms with Gasteiger partial charge in [0.25, 0.3) is 0 Å². The lowest BCUT2D eigenvalue weighted by Crippen LogP contribution is -2.51. The Labute approximate surface area is 113 Å². The molecule has 1 amide bonds. The van der Waals surface area contributed by atoms with Crippen LogP contribution >= 0.6 is 0 Å². The second-order valence-electron chi connectivity index (χ2n) is 4.85. The zero-order valence-corrected chi connectivity index (χ0v) is 11.3. The molecular weight excluding hydrogens is 242 g/mol. The molecule has 1 aromatic carbocycles. The predicted octanol–water partition coefficient (Wildman–Crippen LogP) is 0.593. The maximum absolute atomic E-state index is 12.0. The first-order valence-electron chi connectivity index (χ1n) is 6.57. The van der Waals surface area contributed by atoms with Crippen molar-refractivity contribution in [1.82, 2.24) is 4.90 Å². The van der Waals surface area contributed by atoms with Crippen molar-refractivity contribution in [2.24, 2.45) is 5.73 Å². The van der Waals surface area contributed by atoms with Crippen molar-refractivity contribution >= 4 is 11.6 Å². The van der Waals surface area contributed by atoms with Crippen molar-refractivity contribution < 1.29 is 9.53 Å². The number of anilines is 1. The Kier molecular flexibility index (Phi) is 4.90. The van der Waals surface area contributed by atoms with Gasteiger partial charge in [0.2, 0.25) is 5.91 Å². The van der Waals surface area contributed by atoms with Crippen LogP contribution in [-0.2, 0) is 9.53 Å². The first kappa shape index (κ1) is 14.0. The summed E-state index contributed by atoms with van der Waals surface area (Å²) in [7, 11) is 0. The van der Waals surface area contributed by atoms with Gasteiger partial charge in [-0.05, 0) is 24.6 Å². The normalized spacial score (nSPS) is 20.2. The van der Waals surface area contributed by atoms with Crippen LogP contribution in [0.2, 0.25) is 0 Å². The number of hydrogen-bond acceptors (Lipinski definition) is 4. The number of rotatable bonds is 4. The summed E-state index contributed by atoms with van der Waals surface area (Å²) in [6.07, 6.45) is 0. The maximum atomic E-state index is 12.0. The summed E-state index contributed by atoms with van der Waals surface area (Å²) in [4.78, 5) is 14.1. The first-order valence-corrected chi connectivity index (χ1v) is 6.57. The van der Waals surface area contributed by atoms with Crippen molar-refractivity contribution in [1.29, 1.82) is 0 Å². The fraction of sp³-hybridized carbons (Fsp3) is 0.500. The Morgan fingerprint density at radius 3 is 3.16 bits per heavy atom. The topological polar surface area (TPSA) is 67.6 Å². The minimum atomic E-state index is -0.00838. The highest BCUT2D eigenvalue weighted by atomic mass is 16.5. The third-order valence-corrected chi connectivity index (χ3v) is 3.27. The number of nitrogens with two attached hydrogens (primary N) is 1. The van der Waals surface area contributed by atoms with E-state index in [1.54, 1.807) is 0 Å². The molecule has 5 heteroatoms. The van der Waals surface area contributed by atoms with E-state index in [1.165, 1.54) is 0 Å². The Balaban J connectivity index is 1.90. The summed E-state index contributed by atoms with van der Waals surface area (Å²) >= 11 is 0. The summed E-state index contributed by atoms with van der Waals surface area (Å²) in [5.74, 6) is -0.00838. The van der Waals surface area contributed by atoms with Crippen LogP contribution in [0.5, 0.6) is 0 Å². The molecule has 1 fully saturated rings. The standard InChI is InChI=1S/C14H21N3O2/c1-11-3-2-4-12(7-11)16-14(18)9-17-5-6-19-10-13(17)8-15/h2-4,7,13H,5-6,8-10,15H2,1H3,(H,16,18). The molecule has 0 bridgehead atoms. The Morgan fingerprint density at radius 1 is 1.58 bits per heavy atom. The number of amides is 1. The van der Waals surface area contributed by atoms with Crippen molar-refractivity contribution in [3.05, 3.63) is 29.8 Å². The van der Waals surface area contributed by atoms with E-state index in [9.17, 15) is 4.79 Å². The average molecular weight is 263 g/mol. The van der Waals surface area contributed by atoms with E-state index in [0.717, 1.165) is 17.8 Å². The number of aryl methyl sites for hydroxylation is 1. The molecule has 1 atom stereocenters. The van der Waals surface area contributed by atoms with E-state index in [-0.39, 0.29) is 11.9 Å². The predicted molar refractivity (Wildman–Crippen MR) is 75.0 cm³/mol. The van der Waals surface area contributed by atoms with Gasteiger partial charge in [-0.2, -0.15) is 0 Å². The SMILES string of the molecule is Cc1cccc(NC(=O)CN2CCOCC2CN)c1. The minimum absolute atomic E-state index is 0.00838. The van der Waals surface area contributed by atoms with E-state index in [1.807, 2.05) is 31.2 Å². The Bertz CT molecular complexity index is 436. The molecule has 0 saturated carbocycles. The number of benzene rings is 1. The zero-order valence-electron chi connectivity index (χ0n) is 11.3. The smallest absolute Gasteiger partial charge is 0.238 e. The van der Waals surface area contributed by atoms with Gasteiger partial charge >= 0.3 is 0 Å². The average Bonchev–Trinajstić information content (AvgIpc) is 2.39. The molecule has 0 aromatic heterocycles. The van der Waals surface area contributed by atoms with Crippen LogP contribution in [0.15, 0.2) is 24.3 Å². The van der Waals surface area contributed by atoms with Crippen LogP contribution in [0.25, 0.3) is 0 Å². The molecule has 5 nitrogen and oxygen atoms in total. The van der Waals surface area contributed by atoms with Gasteiger partial charge in [-0.3, -0.25) is 9.69 Å². The van der Waals surface area contributed by atoms with Crippen molar-refractivity contribution in [3.63, 3.8) is 0 Å². The fourth-order valence-corrected chi connectivity index (χ4v) is 2.22. The quantitative estimate of drug-likeness (QED) is 0.834. The summed E-state index contributed by atoms with van der Waals surface area (Å²) in [5.41, 5.74) is 7.65. The van der Waals surface area contributed by atoms with Crippen LogP contribution in [0, 0.1) is 6.92 Å². The molecule has 19 heavy (non-hydrogen) atoms. The van der Waals surface area contributed by atoms with Crippen LogP contribution in [0.3, 0.4) is 0 Å². The highest BCUT2D eigenvalue weighted by Crippen LogP contribution is 2.10. The number of nitrogens with zero attached hydrogens (tertiary/aromatic N) is 1. The molecule has 1 saturated heterocycles. The van der Waals surface area contributed by atoms with Gasteiger partial charge in [0, 0.05) is 24.8 Å². The molecule has 1 unspecified atom stereocenters. The zero-order chi connectivity index (χ0) is 13.7. The minimum Gasteiger partial charge on any atom is -0.378 e. The molecule has 1 aliphatic heterocycles. The highest BCUT2D eigenvalue weighted by Gasteiger charge is 2.23. The Morgan fingerprint density at radius 2 is 2.42 bits per heavy atom. The molecule has 1 aromatic rings. The lowest BCUT2D eigenvalue weighted by Gasteiger charge is -2.34. The second kappa shape index (κ2) is 6.65. The van der Waals surface area contributed by atoms with E-state index in [2.05, 4.69) is 10.2 Å². The van der Waals surface area contributed by atoms with Gasteiger partial charge in [-0.15, -0.1) is 0 Å². The van der Waals surface area contributed by atoms with Gasteiger partial charge in [0.05, 0.1) is 19.8 Å². The number of ether oxygens (including phenoxy) is 1. The Hall–Kier alpha value is -1.43. The number of carbonyl (C=O) groups excluding carboxylic acids is 1. The third-order valence-electron chi connectivity index (χ3n) is 3.27. The molecule has 1 heterocycles. The highest BCUT2D eigenvalue weighted by molar-refractivity contribution is 5.92. The van der Waals surface area contributed by atoms with Crippen molar-refractivity contribution in [2.45, 2.75) is 13.0 Å². The molecular formula is C14H21N3O2. The first-order chi connectivity index (χ1) is 9.19. The number of carbonyl (C=O) groups is 1. The summed E-state index contributed by atoms with van der Waals surface area (Å²) in [5, 5.41) is 2.91. The third kappa shape index (κ3) is 4.02. The maximum Gasteiger partial charge on any atom is 0.238 e. The molecule has 0 radical (unpaired) electrons. The molecule has 2 rings (SSSR count). The molecule has 0 spiro atoms. The van der Waals surface area contributed by atoms with Crippen molar-refractivity contribution in [3.8, 4) is 0 Å². The fourth-order valence-electron chi connectivity index (χ4n) is 2.22. The van der Waals surface area contributed by atoms with E-state index >= 15 is 0 Å². The van der Waals surface area contributed by atoms with Crippen LogP contribution < -0.4 is 11.1 Å². The monoisotopic (exact) mass is 263 g/mol.